The lowest BCUT2D eigenvalue weighted by Gasteiger charge is -2.31. The second kappa shape index (κ2) is 9.34. The molecule has 2 aromatic rings. The predicted molar refractivity (Wildman–Crippen MR) is 110 cm³/mol. The van der Waals surface area contributed by atoms with Gasteiger partial charge in [0.05, 0.1) is 10.8 Å². The first-order chi connectivity index (χ1) is 13.5. The molecule has 2 aromatic carbocycles. The van der Waals surface area contributed by atoms with Gasteiger partial charge in [0.1, 0.15) is 0 Å². The number of hydrogen-bond donors (Lipinski definition) is 1. The van der Waals surface area contributed by atoms with Crippen LogP contribution in [0.4, 0.5) is 0 Å². The van der Waals surface area contributed by atoms with Crippen molar-refractivity contribution in [2.24, 2.45) is 5.92 Å². The second-order valence-corrected chi connectivity index (χ2v) is 9.34. The highest BCUT2D eigenvalue weighted by atomic mass is 32.2. The number of amides is 1. The number of rotatable bonds is 7. The molecule has 3 rings (SSSR count). The number of carbonyl (C=O) groups excluding carboxylic acids is 1. The van der Waals surface area contributed by atoms with Crippen molar-refractivity contribution in [2.75, 3.05) is 19.6 Å². The highest BCUT2D eigenvalue weighted by Crippen LogP contribution is 2.23. The monoisotopic (exact) mass is 400 g/mol. The van der Waals surface area contributed by atoms with Crippen LogP contribution in [0.5, 0.6) is 0 Å². The molecule has 1 aliphatic heterocycles. The Morgan fingerprint density at radius 3 is 2.68 bits per heavy atom. The third-order valence-electron chi connectivity index (χ3n) is 5.16. The van der Waals surface area contributed by atoms with Crippen LogP contribution >= 0.6 is 0 Å². The Labute approximate surface area is 167 Å². The molecule has 0 radical (unpaired) electrons. The molecule has 6 heteroatoms. The molecular formula is C22H28N2O3S. The highest BCUT2D eigenvalue weighted by Gasteiger charge is 2.33. The van der Waals surface area contributed by atoms with Gasteiger partial charge >= 0.3 is 0 Å². The Balaban J connectivity index is 1.50. The van der Waals surface area contributed by atoms with Crippen LogP contribution in [0.1, 0.15) is 30.4 Å². The van der Waals surface area contributed by atoms with E-state index in [0.717, 1.165) is 19.3 Å². The van der Waals surface area contributed by atoms with Gasteiger partial charge < -0.3 is 5.32 Å². The van der Waals surface area contributed by atoms with Crippen LogP contribution in [0.25, 0.3) is 0 Å². The topological polar surface area (TPSA) is 66.5 Å². The van der Waals surface area contributed by atoms with Crippen molar-refractivity contribution in [2.45, 2.75) is 37.5 Å². The minimum atomic E-state index is -3.54. The van der Waals surface area contributed by atoms with E-state index in [1.54, 1.807) is 30.3 Å². The Morgan fingerprint density at radius 2 is 1.93 bits per heavy atom. The van der Waals surface area contributed by atoms with Gasteiger partial charge in [-0.05, 0) is 50.3 Å². The molecule has 5 nitrogen and oxygen atoms in total. The summed E-state index contributed by atoms with van der Waals surface area (Å²) in [5, 5.41) is 2.99. The maximum atomic E-state index is 12.8. The van der Waals surface area contributed by atoms with Crippen LogP contribution in [0.2, 0.25) is 0 Å². The fraction of sp³-hybridized carbons (Fsp3) is 0.409. The van der Waals surface area contributed by atoms with E-state index in [0.29, 0.717) is 19.5 Å². The molecule has 0 saturated carbocycles. The summed E-state index contributed by atoms with van der Waals surface area (Å²) in [6.45, 7) is 3.40. The normalized spacial score (nSPS) is 18.0. The van der Waals surface area contributed by atoms with Gasteiger partial charge in [0.2, 0.25) is 15.9 Å². The van der Waals surface area contributed by atoms with E-state index in [4.69, 9.17) is 0 Å². The summed E-state index contributed by atoms with van der Waals surface area (Å²) in [6.07, 6.45) is 3.22. The highest BCUT2D eigenvalue weighted by molar-refractivity contribution is 7.89. The average molecular weight is 401 g/mol. The standard InChI is InChI=1S/C22H28N2O3S/c1-18-8-5-9-19(16-18)10-6-14-23-22(25)20-11-7-15-24(17-20)28(26,27)21-12-3-2-4-13-21/h2-5,8-9,12-13,16,20H,6-7,10-11,14-15,17H2,1H3,(H,23,25)/t20-/m1/s1. The van der Waals surface area contributed by atoms with E-state index < -0.39 is 10.0 Å². The van der Waals surface area contributed by atoms with Crippen molar-refractivity contribution in [1.29, 1.82) is 0 Å². The molecule has 1 N–H and O–H groups in total. The molecule has 1 heterocycles. The summed E-state index contributed by atoms with van der Waals surface area (Å²) < 4.78 is 27.0. The summed E-state index contributed by atoms with van der Waals surface area (Å²) in [5.74, 6) is -0.330. The van der Waals surface area contributed by atoms with Gasteiger partial charge in [-0.3, -0.25) is 4.79 Å². The molecule has 0 unspecified atom stereocenters. The Kier molecular flexibility index (Phi) is 6.86. The number of piperidine rings is 1. The van der Waals surface area contributed by atoms with E-state index >= 15 is 0 Å². The Morgan fingerprint density at radius 1 is 1.14 bits per heavy atom. The van der Waals surface area contributed by atoms with Crippen LogP contribution in [-0.4, -0.2) is 38.3 Å². The molecule has 1 atom stereocenters. The zero-order valence-electron chi connectivity index (χ0n) is 16.3. The van der Waals surface area contributed by atoms with E-state index in [9.17, 15) is 13.2 Å². The van der Waals surface area contributed by atoms with Crippen molar-refractivity contribution < 1.29 is 13.2 Å². The van der Waals surface area contributed by atoms with Crippen LogP contribution in [0.15, 0.2) is 59.5 Å². The SMILES string of the molecule is Cc1cccc(CCCNC(=O)[C@@H]2CCCN(S(=O)(=O)c3ccccc3)C2)c1. The minimum Gasteiger partial charge on any atom is -0.356 e. The van der Waals surface area contributed by atoms with Crippen molar-refractivity contribution in [3.8, 4) is 0 Å². The zero-order chi connectivity index (χ0) is 20.0. The van der Waals surface area contributed by atoms with Crippen LogP contribution < -0.4 is 5.32 Å². The average Bonchev–Trinajstić information content (AvgIpc) is 2.72. The van der Waals surface area contributed by atoms with Crippen molar-refractivity contribution in [1.82, 2.24) is 9.62 Å². The van der Waals surface area contributed by atoms with Crippen molar-refractivity contribution in [3.63, 3.8) is 0 Å². The first-order valence-corrected chi connectivity index (χ1v) is 11.3. The molecule has 0 aromatic heterocycles. The van der Waals surface area contributed by atoms with Gasteiger partial charge in [-0.25, -0.2) is 8.42 Å². The van der Waals surface area contributed by atoms with E-state index in [1.165, 1.54) is 15.4 Å². The minimum absolute atomic E-state index is 0.0443. The third-order valence-corrected chi connectivity index (χ3v) is 7.04. The molecule has 1 aliphatic rings. The first kappa shape index (κ1) is 20.6. The van der Waals surface area contributed by atoms with Gasteiger partial charge in [-0.2, -0.15) is 4.31 Å². The molecule has 28 heavy (non-hydrogen) atoms. The Hall–Kier alpha value is -2.18. The maximum Gasteiger partial charge on any atom is 0.243 e. The lowest BCUT2D eigenvalue weighted by atomic mass is 9.98. The van der Waals surface area contributed by atoms with Gasteiger partial charge in [-0.15, -0.1) is 0 Å². The summed E-state index contributed by atoms with van der Waals surface area (Å²) >= 11 is 0. The molecule has 0 aliphatic carbocycles. The van der Waals surface area contributed by atoms with Crippen LogP contribution in [0.3, 0.4) is 0 Å². The largest absolute Gasteiger partial charge is 0.356 e. The molecule has 0 spiro atoms. The molecule has 1 fully saturated rings. The number of hydrogen-bond acceptors (Lipinski definition) is 3. The summed E-state index contributed by atoms with van der Waals surface area (Å²) in [5.41, 5.74) is 2.51. The molecule has 150 valence electrons. The van der Waals surface area contributed by atoms with Crippen molar-refractivity contribution >= 4 is 15.9 Å². The molecule has 1 amide bonds. The quantitative estimate of drug-likeness (QED) is 0.726. The first-order valence-electron chi connectivity index (χ1n) is 9.85. The van der Waals surface area contributed by atoms with Crippen LogP contribution in [0, 0.1) is 12.8 Å². The van der Waals surface area contributed by atoms with Crippen molar-refractivity contribution in [3.05, 3.63) is 65.7 Å². The molecular weight excluding hydrogens is 372 g/mol. The number of nitrogens with one attached hydrogen (secondary N) is 1. The van der Waals surface area contributed by atoms with Gasteiger partial charge in [-0.1, -0.05) is 48.0 Å². The fourth-order valence-electron chi connectivity index (χ4n) is 3.63. The van der Waals surface area contributed by atoms with Gasteiger partial charge in [0.15, 0.2) is 0 Å². The predicted octanol–water partition coefficient (Wildman–Crippen LogP) is 3.14. The summed E-state index contributed by atoms with van der Waals surface area (Å²) in [6, 6.07) is 16.8. The number of carbonyl (C=O) groups is 1. The summed E-state index contributed by atoms with van der Waals surface area (Å²) in [7, 11) is -3.54. The maximum absolute atomic E-state index is 12.8. The molecule has 1 saturated heterocycles. The number of nitrogens with zero attached hydrogens (tertiary/aromatic N) is 1. The second-order valence-electron chi connectivity index (χ2n) is 7.40. The Bertz CT molecular complexity index is 897. The fourth-order valence-corrected chi connectivity index (χ4v) is 5.18. The number of aryl methyl sites for hydroxylation is 2. The number of benzene rings is 2. The van der Waals surface area contributed by atoms with Gasteiger partial charge in [0.25, 0.3) is 0 Å². The lowest BCUT2D eigenvalue weighted by Crippen LogP contribution is -2.45. The summed E-state index contributed by atoms with van der Waals surface area (Å²) in [4.78, 5) is 12.8. The van der Waals surface area contributed by atoms with E-state index in [1.807, 2.05) is 6.07 Å². The molecule has 0 bridgehead atoms. The number of sulfonamides is 1. The third kappa shape index (κ3) is 5.20. The van der Waals surface area contributed by atoms with Crippen LogP contribution in [-0.2, 0) is 21.2 Å². The zero-order valence-corrected chi connectivity index (χ0v) is 17.1. The smallest absolute Gasteiger partial charge is 0.243 e. The van der Waals surface area contributed by atoms with E-state index in [-0.39, 0.29) is 23.3 Å². The van der Waals surface area contributed by atoms with Gasteiger partial charge in [0, 0.05) is 19.6 Å². The lowest BCUT2D eigenvalue weighted by molar-refractivity contribution is -0.126. The van der Waals surface area contributed by atoms with E-state index in [2.05, 4.69) is 30.4 Å².